The summed E-state index contributed by atoms with van der Waals surface area (Å²) in [6.07, 6.45) is 1.16. The molecule has 0 saturated carbocycles. The zero-order valence-electron chi connectivity index (χ0n) is 29.2. The topological polar surface area (TPSA) is 91.5 Å². The molecule has 0 aliphatic carbocycles. The number of piperazine rings is 1. The number of likely N-dealkylation sites (tertiary alicyclic amines) is 1. The summed E-state index contributed by atoms with van der Waals surface area (Å²) >= 11 is 7.94. The van der Waals surface area contributed by atoms with E-state index in [1.54, 1.807) is 21.1 Å². The molecule has 278 valence electrons. The van der Waals surface area contributed by atoms with Crippen LogP contribution in [0.3, 0.4) is 0 Å². The number of halogens is 4. The van der Waals surface area contributed by atoms with Crippen LogP contribution in [0, 0.1) is 5.92 Å². The number of benzene rings is 1. The van der Waals surface area contributed by atoms with Crippen molar-refractivity contribution in [3.05, 3.63) is 44.6 Å². The van der Waals surface area contributed by atoms with E-state index < -0.39 is 17.7 Å². The van der Waals surface area contributed by atoms with Crippen molar-refractivity contribution in [2.24, 2.45) is 5.92 Å². The van der Waals surface area contributed by atoms with Gasteiger partial charge in [0.25, 0.3) is 0 Å². The molecule has 6 heterocycles. The smallest absolute Gasteiger partial charge is 0.386 e. The number of nitrogens with one attached hydrogen (secondary N) is 2. The number of anilines is 2. The van der Waals surface area contributed by atoms with Gasteiger partial charge in [-0.05, 0) is 81.1 Å². The molecule has 2 aromatic rings. The molecule has 1 aromatic heterocycles. The summed E-state index contributed by atoms with van der Waals surface area (Å²) in [7, 11) is 3.61. The van der Waals surface area contributed by atoms with Gasteiger partial charge >= 0.3 is 12.2 Å². The first kappa shape index (κ1) is 36.3. The molecular formula is C36H47ClF3N7O3S. The molecule has 0 radical (unpaired) electrons. The van der Waals surface area contributed by atoms with E-state index in [4.69, 9.17) is 11.6 Å². The Balaban J connectivity index is 1.03. The summed E-state index contributed by atoms with van der Waals surface area (Å²) in [5.74, 6) is -1.26. The van der Waals surface area contributed by atoms with Crippen LogP contribution in [-0.2, 0) is 28.7 Å². The molecule has 5 aliphatic rings. The van der Waals surface area contributed by atoms with Crippen LogP contribution >= 0.6 is 22.9 Å². The maximum atomic E-state index is 14.2. The second-order valence-electron chi connectivity index (χ2n) is 14.8. The first-order valence-corrected chi connectivity index (χ1v) is 19.4. The number of hydrogen-bond acceptors (Lipinski definition) is 7. The van der Waals surface area contributed by atoms with Gasteiger partial charge in [-0.3, -0.25) is 14.5 Å². The Morgan fingerprint density at radius 3 is 2.31 bits per heavy atom. The number of thiophene rings is 1. The highest BCUT2D eigenvalue weighted by Crippen LogP contribution is 2.41. The van der Waals surface area contributed by atoms with Gasteiger partial charge in [0.15, 0.2) is 0 Å². The largest absolute Gasteiger partial charge is 0.418 e. The first-order valence-electron chi connectivity index (χ1n) is 18.1. The number of hydrogen-bond donors (Lipinski definition) is 2. The van der Waals surface area contributed by atoms with E-state index in [1.807, 2.05) is 16.3 Å². The van der Waals surface area contributed by atoms with Gasteiger partial charge in [-0.15, -0.1) is 11.3 Å². The predicted octanol–water partition coefficient (Wildman–Crippen LogP) is 5.82. The minimum absolute atomic E-state index is 0.0218. The third-order valence-corrected chi connectivity index (χ3v) is 13.2. The first-order chi connectivity index (χ1) is 24.4. The highest BCUT2D eigenvalue weighted by atomic mass is 35.5. The van der Waals surface area contributed by atoms with Crippen molar-refractivity contribution >= 4 is 52.2 Å². The monoisotopic (exact) mass is 749 g/mol. The predicted molar refractivity (Wildman–Crippen MR) is 192 cm³/mol. The fourth-order valence-electron chi connectivity index (χ4n) is 9.09. The van der Waals surface area contributed by atoms with Gasteiger partial charge in [-0.2, -0.15) is 13.2 Å². The summed E-state index contributed by atoms with van der Waals surface area (Å²) in [6, 6.07) is 5.97. The standard InChI is InChI=1S/C36H47ClF3N7O3S/c1-41-33-28(36(38,39)40)16-22(17-29(33)37)15-23(34(49)46-12-10-44(11-13-46)27-19-25-3-4-26(20-27)43(25)2)18-32(48)45-8-5-24(6-9-45)47-21-31-30(7-14-51-31)42-35(47)50/h7,14,16-17,23-27,41H,3-6,8-13,15,18-21H2,1-2H3,(H,42,50)/t23-,25?,26?,27?/m0/s1. The Labute approximate surface area is 306 Å². The highest BCUT2D eigenvalue weighted by molar-refractivity contribution is 7.10. The van der Waals surface area contributed by atoms with E-state index in [9.17, 15) is 27.6 Å². The molecule has 4 amide bonds. The Morgan fingerprint density at radius 2 is 1.67 bits per heavy atom. The fourth-order valence-corrected chi connectivity index (χ4v) is 10.3. The number of fused-ring (bicyclic) bond motifs is 3. The van der Waals surface area contributed by atoms with Crippen molar-refractivity contribution in [3.8, 4) is 0 Å². The SMILES string of the molecule is CNc1c(Cl)cc(C[C@@H](CC(=O)N2CCC(N3Cc4sccc4NC3=O)CC2)C(=O)N2CCN(C3CC4CCC(C3)N4C)CC2)cc1C(F)(F)F. The van der Waals surface area contributed by atoms with E-state index in [0.29, 0.717) is 63.7 Å². The maximum absolute atomic E-state index is 14.2. The minimum atomic E-state index is -4.66. The average Bonchev–Trinajstić information content (AvgIpc) is 3.63. The molecule has 3 atom stereocenters. The number of amides is 4. The Hall–Kier alpha value is -3.07. The molecule has 2 bridgehead atoms. The Bertz CT molecular complexity index is 1610. The van der Waals surface area contributed by atoms with Crippen molar-refractivity contribution in [2.45, 2.75) is 88.3 Å². The van der Waals surface area contributed by atoms with Crippen molar-refractivity contribution < 1.29 is 27.6 Å². The van der Waals surface area contributed by atoms with E-state index in [-0.39, 0.29) is 53.0 Å². The number of carbonyl (C=O) groups excluding carboxylic acids is 3. The molecule has 5 aliphatic heterocycles. The van der Waals surface area contributed by atoms with Gasteiger partial charge in [0, 0.05) is 81.8 Å². The molecule has 15 heteroatoms. The Morgan fingerprint density at radius 1 is 0.980 bits per heavy atom. The minimum Gasteiger partial charge on any atom is -0.386 e. The van der Waals surface area contributed by atoms with Crippen molar-refractivity contribution in [1.29, 1.82) is 0 Å². The second kappa shape index (κ2) is 14.7. The third kappa shape index (κ3) is 7.56. The molecule has 0 spiro atoms. The Kier molecular flexibility index (Phi) is 10.5. The lowest BCUT2D eigenvalue weighted by Crippen LogP contribution is -2.56. The summed E-state index contributed by atoms with van der Waals surface area (Å²) in [5, 5.41) is 7.38. The van der Waals surface area contributed by atoms with E-state index in [1.165, 1.54) is 26.0 Å². The molecule has 4 saturated heterocycles. The molecule has 1 aromatic carbocycles. The molecule has 51 heavy (non-hydrogen) atoms. The van der Waals surface area contributed by atoms with Crippen LogP contribution in [0.1, 0.15) is 60.9 Å². The van der Waals surface area contributed by atoms with E-state index >= 15 is 0 Å². The van der Waals surface area contributed by atoms with Crippen LogP contribution in [0.5, 0.6) is 0 Å². The van der Waals surface area contributed by atoms with Crippen molar-refractivity contribution in [3.63, 3.8) is 0 Å². The van der Waals surface area contributed by atoms with Crippen molar-refractivity contribution in [2.75, 3.05) is 64.0 Å². The molecule has 10 nitrogen and oxygen atoms in total. The van der Waals surface area contributed by atoms with E-state index in [0.717, 1.165) is 42.6 Å². The van der Waals surface area contributed by atoms with Gasteiger partial charge in [0.1, 0.15) is 0 Å². The second-order valence-corrected chi connectivity index (χ2v) is 16.2. The van der Waals surface area contributed by atoms with Gasteiger partial charge in [0.2, 0.25) is 11.8 Å². The molecule has 7 rings (SSSR count). The fraction of sp³-hybridized carbons (Fsp3) is 0.639. The zero-order valence-corrected chi connectivity index (χ0v) is 30.8. The van der Waals surface area contributed by atoms with Crippen molar-refractivity contribution in [1.82, 2.24) is 24.5 Å². The lowest BCUT2D eigenvalue weighted by Gasteiger charge is -2.45. The normalized spacial score (nSPS) is 25.5. The van der Waals surface area contributed by atoms with Crippen LogP contribution in [-0.4, -0.2) is 120 Å². The quantitative estimate of drug-likeness (QED) is 0.354. The highest BCUT2D eigenvalue weighted by Gasteiger charge is 2.42. The van der Waals surface area contributed by atoms with Crippen LogP contribution in [0.15, 0.2) is 23.6 Å². The molecule has 2 N–H and O–H groups in total. The molecule has 4 fully saturated rings. The lowest BCUT2D eigenvalue weighted by atomic mass is 9.91. The number of piperidine rings is 2. The van der Waals surface area contributed by atoms with Crippen LogP contribution < -0.4 is 10.6 Å². The molecular weight excluding hydrogens is 703 g/mol. The van der Waals surface area contributed by atoms with Crippen LogP contribution in [0.4, 0.5) is 29.3 Å². The van der Waals surface area contributed by atoms with Gasteiger partial charge in [0.05, 0.1) is 34.4 Å². The summed E-state index contributed by atoms with van der Waals surface area (Å²) < 4.78 is 42.2. The van der Waals surface area contributed by atoms with Crippen LogP contribution in [0.2, 0.25) is 5.02 Å². The van der Waals surface area contributed by atoms with Gasteiger partial charge in [-0.1, -0.05) is 11.6 Å². The van der Waals surface area contributed by atoms with Gasteiger partial charge < -0.3 is 30.2 Å². The third-order valence-electron chi connectivity index (χ3n) is 12.0. The maximum Gasteiger partial charge on any atom is 0.418 e. The van der Waals surface area contributed by atoms with Crippen LogP contribution in [0.25, 0.3) is 0 Å². The number of nitrogens with zero attached hydrogens (tertiary/aromatic N) is 5. The van der Waals surface area contributed by atoms with Gasteiger partial charge in [-0.25, -0.2) is 4.79 Å². The number of alkyl halides is 3. The molecule has 2 unspecified atom stereocenters. The summed E-state index contributed by atoms with van der Waals surface area (Å²) in [6.45, 7) is 3.93. The summed E-state index contributed by atoms with van der Waals surface area (Å²) in [5.41, 5.74) is -0.000241. The zero-order chi connectivity index (χ0) is 36.0. The number of carbonyl (C=O) groups is 3. The average molecular weight is 750 g/mol. The lowest BCUT2D eigenvalue weighted by molar-refractivity contribution is -0.143. The number of rotatable bonds is 8. The number of urea groups is 1. The summed E-state index contributed by atoms with van der Waals surface area (Å²) in [4.78, 5) is 52.4. The van der Waals surface area contributed by atoms with E-state index in [2.05, 4.69) is 27.5 Å².